The van der Waals surface area contributed by atoms with E-state index in [1.807, 2.05) is 0 Å². The van der Waals surface area contributed by atoms with Gasteiger partial charge in [-0.25, -0.2) is 15.0 Å². The summed E-state index contributed by atoms with van der Waals surface area (Å²) < 4.78 is 5.75. The highest BCUT2D eigenvalue weighted by Gasteiger charge is 2.25. The second kappa shape index (κ2) is 9.03. The molecule has 0 saturated carbocycles. The van der Waals surface area contributed by atoms with Crippen LogP contribution in [0.5, 0.6) is 0 Å². The Labute approximate surface area is 189 Å². The molecule has 2 aliphatic rings. The van der Waals surface area contributed by atoms with E-state index in [2.05, 4.69) is 75.7 Å². The van der Waals surface area contributed by atoms with Crippen LogP contribution in [0.1, 0.15) is 50.8 Å². The maximum atomic E-state index is 5.75. The third-order valence-electron chi connectivity index (χ3n) is 6.54. The number of fused-ring (bicyclic) bond motifs is 1. The first kappa shape index (κ1) is 21.2. The van der Waals surface area contributed by atoms with E-state index in [9.17, 15) is 0 Å². The van der Waals surface area contributed by atoms with Crippen molar-refractivity contribution in [2.75, 3.05) is 29.9 Å². The number of H-pyrrole nitrogens is 1. The zero-order chi connectivity index (χ0) is 22.1. The number of hydrogen-bond acceptors (Lipinski definition) is 7. The molecule has 0 radical (unpaired) electrons. The van der Waals surface area contributed by atoms with Crippen molar-refractivity contribution in [2.45, 2.75) is 64.3 Å². The molecule has 2 fully saturated rings. The van der Waals surface area contributed by atoms with Crippen LogP contribution in [0.3, 0.4) is 0 Å². The normalized spacial score (nSPS) is 26.4. The molecule has 3 N–H and O–H groups in total. The minimum atomic E-state index is 0.280. The van der Waals surface area contributed by atoms with Crippen LogP contribution in [-0.4, -0.2) is 57.8 Å². The molecule has 0 aliphatic carbocycles. The highest BCUT2D eigenvalue weighted by atomic mass is 16.5. The largest absolute Gasteiger partial charge is 0.378 e. The van der Waals surface area contributed by atoms with Crippen LogP contribution < -0.4 is 15.5 Å². The fourth-order valence-corrected chi connectivity index (χ4v) is 5.15. The SMILES string of the molecule is C[C@@H]1CN(c2cccc(CNc3ncnc4[nH]cc([C@@H]5CCO[C@H](C)C5)c34)n2)C[C@H](C)N1. The molecular formula is C24H33N7O. The third-order valence-corrected chi connectivity index (χ3v) is 6.54. The predicted octanol–water partition coefficient (Wildman–Crippen LogP) is 3.43. The van der Waals surface area contributed by atoms with Crippen molar-refractivity contribution in [2.24, 2.45) is 0 Å². The number of nitrogens with zero attached hydrogens (tertiary/aromatic N) is 4. The number of rotatable bonds is 5. The van der Waals surface area contributed by atoms with Gasteiger partial charge in [0.15, 0.2) is 0 Å². The fourth-order valence-electron chi connectivity index (χ4n) is 5.15. The monoisotopic (exact) mass is 435 g/mol. The van der Waals surface area contributed by atoms with Gasteiger partial charge in [-0.1, -0.05) is 6.07 Å². The summed E-state index contributed by atoms with van der Waals surface area (Å²) in [5, 5.41) is 8.21. The third kappa shape index (κ3) is 4.42. The molecule has 5 heterocycles. The van der Waals surface area contributed by atoms with Gasteiger partial charge in [-0.2, -0.15) is 0 Å². The zero-order valence-electron chi connectivity index (χ0n) is 19.1. The number of piperazine rings is 1. The van der Waals surface area contributed by atoms with Crippen LogP contribution in [0.4, 0.5) is 11.6 Å². The summed E-state index contributed by atoms with van der Waals surface area (Å²) in [5.41, 5.74) is 3.16. The first-order valence-electron chi connectivity index (χ1n) is 11.7. The molecule has 0 amide bonds. The Bertz CT molecular complexity index is 1060. The Hall–Kier alpha value is -2.71. The standard InChI is InChI=1S/C24H33N7O/c1-15-12-31(13-16(2)29-15)21-6-4-5-19(30-21)10-25-23-22-20(11-26-24(22)28-14-27-23)18-7-8-32-17(3)9-18/h4-6,11,14-18,29H,7-10,12-13H2,1-3H3,(H2,25,26,27,28)/t15-,16+,17-,18-/m1/s1. The summed E-state index contributed by atoms with van der Waals surface area (Å²) in [7, 11) is 0. The van der Waals surface area contributed by atoms with E-state index in [4.69, 9.17) is 9.72 Å². The fraction of sp³-hybridized carbons (Fsp3) is 0.542. The second-order valence-electron chi connectivity index (χ2n) is 9.31. The first-order valence-corrected chi connectivity index (χ1v) is 11.7. The van der Waals surface area contributed by atoms with E-state index in [0.717, 1.165) is 60.9 Å². The predicted molar refractivity (Wildman–Crippen MR) is 127 cm³/mol. The van der Waals surface area contributed by atoms with E-state index in [1.54, 1.807) is 6.33 Å². The average Bonchev–Trinajstić information content (AvgIpc) is 3.22. The molecule has 3 aromatic heterocycles. The lowest BCUT2D eigenvalue weighted by molar-refractivity contribution is 0.0188. The van der Waals surface area contributed by atoms with Crippen molar-refractivity contribution in [3.8, 4) is 0 Å². The highest BCUT2D eigenvalue weighted by Crippen LogP contribution is 2.36. The van der Waals surface area contributed by atoms with E-state index in [-0.39, 0.29) is 6.10 Å². The molecule has 0 spiro atoms. The molecule has 2 aliphatic heterocycles. The molecule has 2 saturated heterocycles. The molecule has 8 nitrogen and oxygen atoms in total. The van der Waals surface area contributed by atoms with Crippen LogP contribution in [-0.2, 0) is 11.3 Å². The van der Waals surface area contributed by atoms with E-state index >= 15 is 0 Å². The van der Waals surface area contributed by atoms with Crippen LogP contribution >= 0.6 is 0 Å². The van der Waals surface area contributed by atoms with Gasteiger partial charge in [0.1, 0.15) is 23.6 Å². The lowest BCUT2D eigenvalue weighted by Crippen LogP contribution is -2.54. The van der Waals surface area contributed by atoms with Gasteiger partial charge < -0.3 is 25.3 Å². The number of pyridine rings is 1. The Kier molecular flexibility index (Phi) is 5.97. The summed E-state index contributed by atoms with van der Waals surface area (Å²) >= 11 is 0. The van der Waals surface area contributed by atoms with Gasteiger partial charge in [-0.15, -0.1) is 0 Å². The molecule has 4 atom stereocenters. The number of hydrogen-bond donors (Lipinski definition) is 3. The lowest BCUT2D eigenvalue weighted by Gasteiger charge is -2.37. The van der Waals surface area contributed by atoms with Crippen molar-refractivity contribution >= 4 is 22.7 Å². The number of aromatic amines is 1. The van der Waals surface area contributed by atoms with Gasteiger partial charge in [-0.3, -0.25) is 0 Å². The lowest BCUT2D eigenvalue weighted by atomic mass is 9.89. The molecule has 0 bridgehead atoms. The van der Waals surface area contributed by atoms with Crippen LogP contribution in [0.25, 0.3) is 11.0 Å². The minimum Gasteiger partial charge on any atom is -0.378 e. The van der Waals surface area contributed by atoms with Crippen molar-refractivity contribution < 1.29 is 4.74 Å². The Balaban J connectivity index is 1.35. The first-order chi connectivity index (χ1) is 15.6. The summed E-state index contributed by atoms with van der Waals surface area (Å²) in [6.45, 7) is 9.95. The van der Waals surface area contributed by atoms with Crippen molar-refractivity contribution in [3.05, 3.63) is 42.0 Å². The van der Waals surface area contributed by atoms with Gasteiger partial charge in [0, 0.05) is 38.0 Å². The molecule has 0 unspecified atom stereocenters. The highest BCUT2D eigenvalue weighted by molar-refractivity contribution is 5.90. The topological polar surface area (TPSA) is 91.0 Å². The Morgan fingerprint density at radius 2 is 2.00 bits per heavy atom. The number of anilines is 2. The van der Waals surface area contributed by atoms with Crippen molar-refractivity contribution in [1.82, 2.24) is 25.3 Å². The summed E-state index contributed by atoms with van der Waals surface area (Å²) in [5.74, 6) is 2.36. The molecule has 0 aromatic carbocycles. The van der Waals surface area contributed by atoms with Gasteiger partial charge in [0.25, 0.3) is 0 Å². The summed E-state index contributed by atoms with van der Waals surface area (Å²) in [6, 6.07) is 7.18. The molecular weight excluding hydrogens is 402 g/mol. The van der Waals surface area contributed by atoms with Crippen LogP contribution in [0.15, 0.2) is 30.7 Å². The number of ether oxygens (including phenoxy) is 1. The van der Waals surface area contributed by atoms with Gasteiger partial charge in [0.05, 0.1) is 23.7 Å². The summed E-state index contributed by atoms with van der Waals surface area (Å²) in [6.07, 6.45) is 6.04. The van der Waals surface area contributed by atoms with Gasteiger partial charge in [0.2, 0.25) is 0 Å². The molecule has 3 aromatic rings. The summed E-state index contributed by atoms with van der Waals surface area (Å²) in [4.78, 5) is 19.7. The van der Waals surface area contributed by atoms with Crippen molar-refractivity contribution in [1.29, 1.82) is 0 Å². The quantitative estimate of drug-likeness (QED) is 0.565. The maximum Gasteiger partial charge on any atom is 0.143 e. The number of aromatic nitrogens is 4. The van der Waals surface area contributed by atoms with E-state index in [1.165, 1.54) is 5.56 Å². The van der Waals surface area contributed by atoms with Crippen LogP contribution in [0.2, 0.25) is 0 Å². The Morgan fingerprint density at radius 1 is 1.16 bits per heavy atom. The molecule has 32 heavy (non-hydrogen) atoms. The average molecular weight is 436 g/mol. The smallest absolute Gasteiger partial charge is 0.143 e. The zero-order valence-corrected chi connectivity index (χ0v) is 19.1. The van der Waals surface area contributed by atoms with Crippen LogP contribution in [0, 0.1) is 0 Å². The van der Waals surface area contributed by atoms with Crippen molar-refractivity contribution in [3.63, 3.8) is 0 Å². The second-order valence-corrected chi connectivity index (χ2v) is 9.31. The minimum absolute atomic E-state index is 0.280. The van der Waals surface area contributed by atoms with E-state index in [0.29, 0.717) is 24.5 Å². The number of nitrogens with one attached hydrogen (secondary N) is 3. The van der Waals surface area contributed by atoms with Gasteiger partial charge in [-0.05, 0) is 57.2 Å². The molecule has 8 heteroatoms. The maximum absolute atomic E-state index is 5.75. The van der Waals surface area contributed by atoms with E-state index < -0.39 is 0 Å². The Morgan fingerprint density at radius 3 is 2.81 bits per heavy atom. The van der Waals surface area contributed by atoms with Gasteiger partial charge >= 0.3 is 0 Å². The molecule has 170 valence electrons. The molecule has 5 rings (SSSR count).